The summed E-state index contributed by atoms with van der Waals surface area (Å²) < 4.78 is 14.4. The quantitative estimate of drug-likeness (QED) is 0.461. The van der Waals surface area contributed by atoms with E-state index in [4.69, 9.17) is 9.47 Å². The second-order valence-corrected chi connectivity index (χ2v) is 6.61. The van der Waals surface area contributed by atoms with Gasteiger partial charge in [0.05, 0.1) is 18.7 Å². The van der Waals surface area contributed by atoms with Crippen LogP contribution in [0, 0.1) is 0 Å². The summed E-state index contributed by atoms with van der Waals surface area (Å²) in [5, 5.41) is 9.66. The van der Waals surface area contributed by atoms with E-state index in [1.165, 1.54) is 0 Å². The Morgan fingerprint density at radius 3 is 2.45 bits per heavy atom. The lowest BCUT2D eigenvalue weighted by Crippen LogP contribution is -1.95. The molecule has 0 aliphatic heterocycles. The van der Waals surface area contributed by atoms with Crippen LogP contribution >= 0.6 is 0 Å². The van der Waals surface area contributed by atoms with Crippen molar-refractivity contribution >= 4 is 16.7 Å². The molecule has 8 heteroatoms. The van der Waals surface area contributed by atoms with E-state index in [0.29, 0.717) is 12.4 Å². The van der Waals surface area contributed by atoms with Crippen LogP contribution < -0.4 is 9.47 Å². The van der Waals surface area contributed by atoms with Crippen LogP contribution in [-0.4, -0.2) is 36.5 Å². The molecule has 0 amide bonds. The fraction of sp³-hybridized carbons (Fsp3) is 0.143. The number of nitrogens with zero attached hydrogens (tertiary/aromatic N) is 6. The third-order valence-electron chi connectivity index (χ3n) is 4.75. The van der Waals surface area contributed by atoms with Gasteiger partial charge in [-0.2, -0.15) is 5.10 Å². The number of rotatable bonds is 5. The summed E-state index contributed by atoms with van der Waals surface area (Å²) in [5.41, 5.74) is 3.51. The molecule has 29 heavy (non-hydrogen) atoms. The third-order valence-corrected chi connectivity index (χ3v) is 4.75. The molecule has 0 bridgehead atoms. The lowest BCUT2D eigenvalue weighted by Gasteiger charge is -2.07. The average molecular weight is 386 g/mol. The van der Waals surface area contributed by atoms with Gasteiger partial charge in [0.15, 0.2) is 17.1 Å². The summed E-state index contributed by atoms with van der Waals surface area (Å²) in [6.07, 6.45) is 3.42. The van der Waals surface area contributed by atoms with Crippen molar-refractivity contribution in [1.29, 1.82) is 0 Å². The number of fused-ring (bicyclic) bond motifs is 3. The maximum Gasteiger partial charge on any atom is 0.182 e. The van der Waals surface area contributed by atoms with E-state index in [9.17, 15) is 0 Å². The van der Waals surface area contributed by atoms with Crippen LogP contribution in [0.15, 0.2) is 61.1 Å². The van der Waals surface area contributed by atoms with Crippen LogP contribution in [0.5, 0.6) is 11.5 Å². The first kappa shape index (κ1) is 17.2. The maximum atomic E-state index is 5.83. The predicted octanol–water partition coefficient (Wildman–Crippen LogP) is 3.27. The summed E-state index contributed by atoms with van der Waals surface area (Å²) in [4.78, 5) is 9.07. The van der Waals surface area contributed by atoms with Crippen molar-refractivity contribution < 1.29 is 9.47 Å². The van der Waals surface area contributed by atoms with Gasteiger partial charge in [0.25, 0.3) is 0 Å². The monoisotopic (exact) mass is 386 g/mol. The Bertz CT molecular complexity index is 1290. The van der Waals surface area contributed by atoms with Crippen molar-refractivity contribution in [3.05, 3.63) is 66.6 Å². The van der Waals surface area contributed by atoms with E-state index in [1.54, 1.807) is 28.8 Å². The number of aromatic nitrogens is 6. The van der Waals surface area contributed by atoms with Crippen molar-refractivity contribution in [2.24, 2.45) is 7.05 Å². The smallest absolute Gasteiger partial charge is 0.182 e. The van der Waals surface area contributed by atoms with Crippen LogP contribution in [0.25, 0.3) is 28.1 Å². The molecular weight excluding hydrogens is 368 g/mol. The van der Waals surface area contributed by atoms with Crippen molar-refractivity contribution in [3.8, 4) is 22.9 Å². The fourth-order valence-corrected chi connectivity index (χ4v) is 3.15. The highest BCUT2D eigenvalue weighted by atomic mass is 16.5. The molecule has 0 N–H and O–H groups in total. The lowest BCUT2D eigenvalue weighted by atomic mass is 10.1. The van der Waals surface area contributed by atoms with Crippen LogP contribution in [0.3, 0.4) is 0 Å². The minimum absolute atomic E-state index is 0.478. The Hall–Kier alpha value is -3.94. The van der Waals surface area contributed by atoms with Crippen molar-refractivity contribution in [1.82, 2.24) is 29.4 Å². The maximum absolute atomic E-state index is 5.83. The highest BCUT2D eigenvalue weighted by Gasteiger charge is 2.12. The third kappa shape index (κ3) is 3.14. The van der Waals surface area contributed by atoms with Crippen LogP contribution in [0.1, 0.15) is 5.56 Å². The van der Waals surface area contributed by atoms with Crippen LogP contribution in [0.2, 0.25) is 0 Å². The van der Waals surface area contributed by atoms with Crippen LogP contribution in [0.4, 0.5) is 0 Å². The molecule has 3 aromatic heterocycles. The minimum Gasteiger partial charge on any atom is -0.497 e. The van der Waals surface area contributed by atoms with Gasteiger partial charge in [0, 0.05) is 12.6 Å². The zero-order chi connectivity index (χ0) is 19.8. The van der Waals surface area contributed by atoms with Crippen molar-refractivity contribution in [3.63, 3.8) is 0 Å². The Morgan fingerprint density at radius 2 is 1.69 bits per heavy atom. The molecule has 0 saturated heterocycles. The largest absolute Gasteiger partial charge is 0.497 e. The molecule has 0 unspecified atom stereocenters. The topological polar surface area (TPSA) is 79.4 Å². The fourth-order valence-electron chi connectivity index (χ4n) is 3.15. The second kappa shape index (κ2) is 6.90. The molecular formula is C21H18N6O2. The Labute approximate surface area is 166 Å². The zero-order valence-electron chi connectivity index (χ0n) is 16.0. The SMILES string of the molecule is COc1ccc(OCc2ccc(-c3nc4c5cnn(C)c5ncn4n3)cc2)cc1. The normalized spacial score (nSPS) is 11.2. The molecule has 0 fully saturated rings. The Kier molecular flexibility index (Phi) is 4.09. The first-order chi connectivity index (χ1) is 14.2. The molecule has 8 nitrogen and oxygen atoms in total. The first-order valence-electron chi connectivity index (χ1n) is 9.10. The summed E-state index contributed by atoms with van der Waals surface area (Å²) in [5.74, 6) is 2.25. The van der Waals surface area contributed by atoms with E-state index in [1.807, 2.05) is 55.6 Å². The van der Waals surface area contributed by atoms with Gasteiger partial charge in [-0.15, -0.1) is 5.10 Å². The zero-order valence-corrected chi connectivity index (χ0v) is 16.0. The number of hydrogen-bond donors (Lipinski definition) is 0. The number of ether oxygens (including phenoxy) is 2. The average Bonchev–Trinajstić information content (AvgIpc) is 3.36. The van der Waals surface area contributed by atoms with E-state index in [0.717, 1.165) is 39.3 Å². The molecule has 5 rings (SSSR count). The van der Waals surface area contributed by atoms with Gasteiger partial charge in [0.1, 0.15) is 24.4 Å². The second-order valence-electron chi connectivity index (χ2n) is 6.61. The van der Waals surface area contributed by atoms with E-state index in [2.05, 4.69) is 20.2 Å². The Morgan fingerprint density at radius 1 is 0.931 bits per heavy atom. The molecule has 2 aromatic carbocycles. The standard InChI is InChI=1S/C21H18N6O2/c1-26-20-18(11-23-26)21-24-19(25-27(21)13-22-20)15-5-3-14(4-6-15)12-29-17-9-7-16(28-2)8-10-17/h3-11,13H,12H2,1-2H3. The molecule has 0 saturated carbocycles. The summed E-state index contributed by atoms with van der Waals surface area (Å²) in [7, 11) is 3.50. The van der Waals surface area contributed by atoms with E-state index >= 15 is 0 Å². The highest BCUT2D eigenvalue weighted by molar-refractivity contribution is 5.88. The molecule has 0 aliphatic carbocycles. The number of benzene rings is 2. The molecule has 5 aromatic rings. The molecule has 0 spiro atoms. The number of aryl methyl sites for hydroxylation is 1. The van der Waals surface area contributed by atoms with Gasteiger partial charge >= 0.3 is 0 Å². The van der Waals surface area contributed by atoms with Gasteiger partial charge in [-0.05, 0) is 29.8 Å². The number of methoxy groups -OCH3 is 1. The summed E-state index contributed by atoms with van der Waals surface area (Å²) in [6, 6.07) is 15.6. The Balaban J connectivity index is 1.36. The summed E-state index contributed by atoms with van der Waals surface area (Å²) >= 11 is 0. The van der Waals surface area contributed by atoms with Gasteiger partial charge in [-0.1, -0.05) is 24.3 Å². The highest BCUT2D eigenvalue weighted by Crippen LogP contribution is 2.22. The molecule has 3 heterocycles. The lowest BCUT2D eigenvalue weighted by molar-refractivity contribution is 0.305. The summed E-state index contributed by atoms with van der Waals surface area (Å²) in [6.45, 7) is 0.478. The van der Waals surface area contributed by atoms with Gasteiger partial charge < -0.3 is 9.47 Å². The van der Waals surface area contributed by atoms with Gasteiger partial charge in [0.2, 0.25) is 0 Å². The first-order valence-corrected chi connectivity index (χ1v) is 9.10. The van der Waals surface area contributed by atoms with Crippen molar-refractivity contribution in [2.75, 3.05) is 7.11 Å². The minimum atomic E-state index is 0.478. The van der Waals surface area contributed by atoms with Gasteiger partial charge in [-0.3, -0.25) is 4.68 Å². The van der Waals surface area contributed by atoms with E-state index in [-0.39, 0.29) is 0 Å². The van der Waals surface area contributed by atoms with Crippen molar-refractivity contribution in [2.45, 2.75) is 6.61 Å². The molecule has 0 atom stereocenters. The predicted molar refractivity (Wildman–Crippen MR) is 108 cm³/mol. The number of hydrogen-bond acceptors (Lipinski definition) is 6. The van der Waals surface area contributed by atoms with E-state index < -0.39 is 0 Å². The molecule has 0 radical (unpaired) electrons. The molecule has 144 valence electrons. The van der Waals surface area contributed by atoms with Gasteiger partial charge in [-0.25, -0.2) is 14.5 Å². The van der Waals surface area contributed by atoms with Crippen LogP contribution in [-0.2, 0) is 13.7 Å². The molecule has 0 aliphatic rings.